The van der Waals surface area contributed by atoms with Crippen LogP contribution in [0.2, 0.25) is 0 Å². The summed E-state index contributed by atoms with van der Waals surface area (Å²) in [6.07, 6.45) is 0.589. The molecular formula is C10H11F3N2O2S2. The number of halogens is 3. The molecule has 0 radical (unpaired) electrons. The summed E-state index contributed by atoms with van der Waals surface area (Å²) in [5.41, 5.74) is 5.21. The van der Waals surface area contributed by atoms with Crippen LogP contribution in [0.15, 0.2) is 17.0 Å². The van der Waals surface area contributed by atoms with Gasteiger partial charge in [-0.3, -0.25) is 0 Å². The number of hydrogen-bond donors (Lipinski definition) is 2. The Kier molecular flexibility index (Phi) is 5.27. The second-order valence-electron chi connectivity index (χ2n) is 3.67. The molecule has 0 amide bonds. The van der Waals surface area contributed by atoms with Crippen molar-refractivity contribution in [2.24, 2.45) is 5.73 Å². The fourth-order valence-corrected chi connectivity index (χ4v) is 2.66. The molecule has 0 unspecified atom stereocenters. The van der Waals surface area contributed by atoms with Crippen molar-refractivity contribution < 1.29 is 21.6 Å². The van der Waals surface area contributed by atoms with E-state index in [1.165, 1.54) is 0 Å². The van der Waals surface area contributed by atoms with Gasteiger partial charge in [0, 0.05) is 18.7 Å². The van der Waals surface area contributed by atoms with E-state index < -0.39 is 32.4 Å². The van der Waals surface area contributed by atoms with Gasteiger partial charge >= 0.3 is 0 Å². The van der Waals surface area contributed by atoms with Gasteiger partial charge in [0.05, 0.1) is 4.99 Å². The van der Waals surface area contributed by atoms with Crippen LogP contribution in [0.4, 0.5) is 13.2 Å². The molecule has 0 aliphatic heterocycles. The molecule has 106 valence electrons. The molecule has 1 rings (SSSR count). The first-order chi connectivity index (χ1) is 8.74. The molecule has 0 aliphatic rings. The zero-order valence-corrected chi connectivity index (χ0v) is 11.3. The van der Waals surface area contributed by atoms with Crippen LogP contribution in [0, 0.1) is 17.5 Å². The van der Waals surface area contributed by atoms with Crippen molar-refractivity contribution in [3.05, 3.63) is 29.6 Å². The van der Waals surface area contributed by atoms with Gasteiger partial charge in [0.25, 0.3) is 0 Å². The molecule has 0 spiro atoms. The van der Waals surface area contributed by atoms with Crippen molar-refractivity contribution in [1.82, 2.24) is 4.72 Å². The number of sulfonamides is 1. The summed E-state index contributed by atoms with van der Waals surface area (Å²) in [5.74, 6) is -4.17. The van der Waals surface area contributed by atoms with Gasteiger partial charge in [0.1, 0.15) is 17.5 Å². The summed E-state index contributed by atoms with van der Waals surface area (Å²) < 4.78 is 64.6. The Morgan fingerprint density at radius 3 is 2.26 bits per heavy atom. The maximum Gasteiger partial charge on any atom is 0.246 e. The van der Waals surface area contributed by atoms with Gasteiger partial charge in [0.15, 0.2) is 4.90 Å². The van der Waals surface area contributed by atoms with Gasteiger partial charge in [-0.15, -0.1) is 0 Å². The molecule has 0 saturated heterocycles. The van der Waals surface area contributed by atoms with Gasteiger partial charge in [-0.2, -0.15) is 0 Å². The molecular weight excluding hydrogens is 301 g/mol. The fraction of sp³-hybridized carbons (Fsp3) is 0.300. The minimum Gasteiger partial charge on any atom is -0.393 e. The lowest BCUT2D eigenvalue weighted by Crippen LogP contribution is -2.27. The van der Waals surface area contributed by atoms with Crippen molar-refractivity contribution in [3.63, 3.8) is 0 Å². The average molecular weight is 312 g/mol. The van der Waals surface area contributed by atoms with Crippen molar-refractivity contribution in [1.29, 1.82) is 0 Å². The highest BCUT2D eigenvalue weighted by Crippen LogP contribution is 2.19. The largest absolute Gasteiger partial charge is 0.393 e. The Morgan fingerprint density at radius 2 is 1.79 bits per heavy atom. The third-order valence-corrected chi connectivity index (χ3v) is 3.84. The second kappa shape index (κ2) is 6.31. The molecule has 3 N–H and O–H groups in total. The van der Waals surface area contributed by atoms with Crippen molar-refractivity contribution in [2.45, 2.75) is 17.7 Å². The summed E-state index contributed by atoms with van der Waals surface area (Å²) in [5, 5.41) is 0. The van der Waals surface area contributed by atoms with Gasteiger partial charge < -0.3 is 5.73 Å². The number of benzene rings is 1. The lowest BCUT2D eigenvalue weighted by atomic mass is 10.3. The highest BCUT2D eigenvalue weighted by molar-refractivity contribution is 7.89. The van der Waals surface area contributed by atoms with Crippen LogP contribution in [-0.4, -0.2) is 20.0 Å². The topological polar surface area (TPSA) is 72.2 Å². The lowest BCUT2D eigenvalue weighted by molar-refractivity contribution is 0.493. The summed E-state index contributed by atoms with van der Waals surface area (Å²) in [6.45, 7) is -0.0874. The van der Waals surface area contributed by atoms with E-state index in [-0.39, 0.29) is 11.5 Å². The third kappa shape index (κ3) is 4.44. The predicted octanol–water partition coefficient (Wildman–Crippen LogP) is 1.45. The number of nitrogens with two attached hydrogens (primary N) is 1. The Balaban J connectivity index is 2.86. The van der Waals surface area contributed by atoms with Crippen LogP contribution in [0.5, 0.6) is 0 Å². The Morgan fingerprint density at radius 1 is 1.26 bits per heavy atom. The van der Waals surface area contributed by atoms with E-state index >= 15 is 0 Å². The first kappa shape index (κ1) is 15.9. The average Bonchev–Trinajstić information content (AvgIpc) is 2.22. The number of hydrogen-bond acceptors (Lipinski definition) is 3. The number of nitrogens with one attached hydrogen (secondary N) is 1. The predicted molar refractivity (Wildman–Crippen MR) is 67.5 cm³/mol. The van der Waals surface area contributed by atoms with Gasteiger partial charge in [0.2, 0.25) is 10.0 Å². The molecule has 0 saturated carbocycles. The summed E-state index contributed by atoms with van der Waals surface area (Å²) >= 11 is 4.59. The van der Waals surface area contributed by atoms with Crippen LogP contribution in [-0.2, 0) is 10.0 Å². The molecule has 0 aliphatic carbocycles. The van der Waals surface area contributed by atoms with Crippen LogP contribution in [0.3, 0.4) is 0 Å². The molecule has 1 aromatic carbocycles. The van der Waals surface area contributed by atoms with Gasteiger partial charge in [-0.05, 0) is 12.8 Å². The monoisotopic (exact) mass is 312 g/mol. The molecule has 0 heterocycles. The first-order valence-electron chi connectivity index (χ1n) is 5.16. The highest BCUT2D eigenvalue weighted by atomic mass is 32.2. The molecule has 19 heavy (non-hydrogen) atoms. The SMILES string of the molecule is NC(=S)CCCNS(=O)(=O)c1c(F)cc(F)cc1F. The van der Waals surface area contributed by atoms with Crippen molar-refractivity contribution in [2.75, 3.05) is 6.54 Å². The van der Waals surface area contributed by atoms with Crippen molar-refractivity contribution >= 4 is 27.2 Å². The first-order valence-corrected chi connectivity index (χ1v) is 7.05. The molecule has 0 bridgehead atoms. The van der Waals surface area contributed by atoms with E-state index in [9.17, 15) is 21.6 Å². The zero-order chi connectivity index (χ0) is 14.6. The Bertz CT molecular complexity index is 567. The van der Waals surface area contributed by atoms with Crippen molar-refractivity contribution in [3.8, 4) is 0 Å². The molecule has 4 nitrogen and oxygen atoms in total. The van der Waals surface area contributed by atoms with Crippen LogP contribution in [0.25, 0.3) is 0 Å². The van der Waals surface area contributed by atoms with E-state index in [4.69, 9.17) is 5.73 Å². The molecule has 1 aromatic rings. The van der Waals surface area contributed by atoms with E-state index in [0.717, 1.165) is 0 Å². The maximum absolute atomic E-state index is 13.3. The van der Waals surface area contributed by atoms with Crippen LogP contribution in [0.1, 0.15) is 12.8 Å². The van der Waals surface area contributed by atoms with E-state index in [0.29, 0.717) is 25.0 Å². The maximum atomic E-state index is 13.3. The van der Waals surface area contributed by atoms with E-state index in [1.54, 1.807) is 0 Å². The normalized spacial score (nSPS) is 11.5. The lowest BCUT2D eigenvalue weighted by Gasteiger charge is -2.08. The Hall–Kier alpha value is -1.19. The minimum atomic E-state index is -4.39. The smallest absolute Gasteiger partial charge is 0.246 e. The zero-order valence-electron chi connectivity index (χ0n) is 9.62. The fourth-order valence-electron chi connectivity index (χ4n) is 1.33. The summed E-state index contributed by atoms with van der Waals surface area (Å²) in [4.78, 5) is -0.998. The minimum absolute atomic E-state index is 0.0874. The molecule has 9 heteroatoms. The molecule has 0 fully saturated rings. The van der Waals surface area contributed by atoms with Crippen LogP contribution < -0.4 is 10.5 Å². The summed E-state index contributed by atoms with van der Waals surface area (Å²) in [7, 11) is -4.39. The standard InChI is InChI=1S/C10H11F3N2O2S2/c11-6-4-7(12)10(8(13)5-6)19(16,17)15-3-1-2-9(14)18/h4-5,15H,1-3H2,(H2,14,18). The highest BCUT2D eigenvalue weighted by Gasteiger charge is 2.24. The van der Waals surface area contributed by atoms with Crippen LogP contribution >= 0.6 is 12.2 Å². The quantitative estimate of drug-likeness (QED) is 0.616. The second-order valence-corrected chi connectivity index (χ2v) is 5.89. The van der Waals surface area contributed by atoms with E-state index in [1.807, 2.05) is 4.72 Å². The molecule has 0 aromatic heterocycles. The van der Waals surface area contributed by atoms with Gasteiger partial charge in [-0.25, -0.2) is 26.3 Å². The Labute approximate surface area is 113 Å². The third-order valence-electron chi connectivity index (χ3n) is 2.12. The number of rotatable bonds is 6. The number of thiocarbonyl (C=S) groups is 1. The summed E-state index contributed by atoms with van der Waals surface area (Å²) in [6, 6.07) is 0.597. The van der Waals surface area contributed by atoms with E-state index in [2.05, 4.69) is 12.2 Å². The molecule has 0 atom stereocenters. The van der Waals surface area contributed by atoms with Gasteiger partial charge in [-0.1, -0.05) is 12.2 Å².